The number of hydrogen-bond donors (Lipinski definition) is 1. The number of nitrogens with zero attached hydrogens (tertiary/aromatic N) is 2. The Morgan fingerprint density at radius 3 is 2.87 bits per heavy atom. The van der Waals surface area contributed by atoms with E-state index in [2.05, 4.69) is 15.5 Å². The van der Waals surface area contributed by atoms with Crippen LogP contribution in [0.5, 0.6) is 0 Å². The van der Waals surface area contributed by atoms with E-state index in [9.17, 15) is 4.79 Å². The first-order valence-electron chi connectivity index (χ1n) is 7.04. The van der Waals surface area contributed by atoms with Crippen LogP contribution in [0.15, 0.2) is 56.7 Å². The number of aryl methyl sites for hydroxylation is 1. The molecule has 3 aromatic rings. The van der Waals surface area contributed by atoms with Gasteiger partial charge in [0.25, 0.3) is 5.22 Å². The second-order valence-electron chi connectivity index (χ2n) is 4.83. The van der Waals surface area contributed by atoms with E-state index in [1.54, 1.807) is 18.4 Å². The van der Waals surface area contributed by atoms with Crippen LogP contribution in [0.25, 0.3) is 11.5 Å². The summed E-state index contributed by atoms with van der Waals surface area (Å²) >= 11 is 1.20. The van der Waals surface area contributed by atoms with E-state index in [4.69, 9.17) is 8.83 Å². The van der Waals surface area contributed by atoms with E-state index in [0.29, 0.717) is 23.4 Å². The molecule has 7 heteroatoms. The Labute approximate surface area is 137 Å². The number of aromatic nitrogens is 2. The summed E-state index contributed by atoms with van der Waals surface area (Å²) in [6, 6.07) is 11.4. The number of benzene rings is 1. The van der Waals surface area contributed by atoms with Gasteiger partial charge in [-0.2, -0.15) is 0 Å². The second-order valence-corrected chi connectivity index (χ2v) is 5.76. The lowest BCUT2D eigenvalue weighted by Crippen LogP contribution is -2.24. The van der Waals surface area contributed by atoms with Gasteiger partial charge in [-0.15, -0.1) is 10.2 Å². The first kappa shape index (κ1) is 15.4. The van der Waals surface area contributed by atoms with Gasteiger partial charge in [0, 0.05) is 5.56 Å². The zero-order valence-corrected chi connectivity index (χ0v) is 13.3. The molecule has 1 aromatic carbocycles. The van der Waals surface area contributed by atoms with Crippen molar-refractivity contribution in [1.82, 2.24) is 15.5 Å². The van der Waals surface area contributed by atoms with Crippen LogP contribution in [0.3, 0.4) is 0 Å². The zero-order chi connectivity index (χ0) is 16.1. The normalized spacial score (nSPS) is 10.7. The fourth-order valence-corrected chi connectivity index (χ4v) is 2.56. The quantitative estimate of drug-likeness (QED) is 0.700. The number of nitrogens with one attached hydrogen (secondary N) is 1. The zero-order valence-electron chi connectivity index (χ0n) is 12.5. The lowest BCUT2D eigenvalue weighted by atomic mass is 10.1. The molecule has 2 aromatic heterocycles. The summed E-state index contributed by atoms with van der Waals surface area (Å²) in [5.74, 6) is 1.25. The highest BCUT2D eigenvalue weighted by Crippen LogP contribution is 2.25. The van der Waals surface area contributed by atoms with Crippen LogP contribution in [0.1, 0.15) is 11.3 Å². The average Bonchev–Trinajstić information content (AvgIpc) is 3.23. The van der Waals surface area contributed by atoms with Crippen LogP contribution < -0.4 is 5.32 Å². The molecule has 0 aliphatic carbocycles. The van der Waals surface area contributed by atoms with Crippen molar-refractivity contribution in [2.45, 2.75) is 18.7 Å². The molecule has 23 heavy (non-hydrogen) atoms. The lowest BCUT2D eigenvalue weighted by molar-refractivity contribution is -0.118. The third-order valence-corrected chi connectivity index (χ3v) is 3.97. The van der Waals surface area contributed by atoms with Crippen LogP contribution >= 0.6 is 11.8 Å². The minimum atomic E-state index is -0.123. The van der Waals surface area contributed by atoms with Crippen molar-refractivity contribution >= 4 is 17.7 Å². The van der Waals surface area contributed by atoms with Gasteiger partial charge >= 0.3 is 0 Å². The Morgan fingerprint density at radius 2 is 2.09 bits per heavy atom. The number of furan rings is 1. The van der Waals surface area contributed by atoms with Crippen molar-refractivity contribution in [1.29, 1.82) is 0 Å². The largest absolute Gasteiger partial charge is 0.467 e. The molecule has 3 rings (SSSR count). The summed E-state index contributed by atoms with van der Waals surface area (Å²) in [5.41, 5.74) is 1.96. The molecule has 0 saturated heterocycles. The highest BCUT2D eigenvalue weighted by atomic mass is 32.2. The summed E-state index contributed by atoms with van der Waals surface area (Å²) in [7, 11) is 0. The Hall–Kier alpha value is -2.54. The van der Waals surface area contributed by atoms with E-state index in [0.717, 1.165) is 11.1 Å². The van der Waals surface area contributed by atoms with Crippen molar-refractivity contribution in [2.24, 2.45) is 0 Å². The molecule has 0 bridgehead atoms. The SMILES string of the molecule is Cc1ccccc1-c1nnc(SCC(=O)NCc2ccco2)o1. The summed E-state index contributed by atoms with van der Waals surface area (Å²) < 4.78 is 10.7. The molecule has 1 amide bonds. The van der Waals surface area contributed by atoms with Crippen molar-refractivity contribution in [3.8, 4) is 11.5 Å². The maximum Gasteiger partial charge on any atom is 0.277 e. The lowest BCUT2D eigenvalue weighted by Gasteiger charge is -2.01. The number of thioether (sulfide) groups is 1. The first-order chi connectivity index (χ1) is 11.2. The van der Waals surface area contributed by atoms with Crippen LogP contribution in [0.4, 0.5) is 0 Å². The van der Waals surface area contributed by atoms with Crippen molar-refractivity contribution in [3.63, 3.8) is 0 Å². The van der Waals surface area contributed by atoms with E-state index in [1.807, 2.05) is 31.2 Å². The standard InChI is InChI=1S/C16H15N3O3S/c1-11-5-2-3-7-13(11)15-18-19-16(22-15)23-10-14(20)17-9-12-6-4-8-21-12/h2-8H,9-10H2,1H3,(H,17,20). The fourth-order valence-electron chi connectivity index (χ4n) is 1.97. The molecule has 6 nitrogen and oxygen atoms in total. The molecule has 0 fully saturated rings. The van der Waals surface area contributed by atoms with Crippen LogP contribution in [0, 0.1) is 6.92 Å². The van der Waals surface area contributed by atoms with Gasteiger partial charge in [-0.05, 0) is 30.7 Å². The second kappa shape index (κ2) is 7.15. The van der Waals surface area contributed by atoms with E-state index >= 15 is 0 Å². The molecule has 0 spiro atoms. The number of hydrogen-bond acceptors (Lipinski definition) is 6. The van der Waals surface area contributed by atoms with Crippen molar-refractivity contribution < 1.29 is 13.6 Å². The van der Waals surface area contributed by atoms with Gasteiger partial charge in [-0.25, -0.2) is 0 Å². The molecule has 118 valence electrons. The van der Waals surface area contributed by atoms with Gasteiger partial charge in [0.2, 0.25) is 11.8 Å². The minimum absolute atomic E-state index is 0.123. The molecule has 0 atom stereocenters. The Kier molecular flexibility index (Phi) is 4.77. The van der Waals surface area contributed by atoms with Crippen LogP contribution in [0.2, 0.25) is 0 Å². The Bertz CT molecular complexity index is 783. The summed E-state index contributed by atoms with van der Waals surface area (Å²) in [4.78, 5) is 11.8. The molecule has 0 radical (unpaired) electrons. The number of rotatable bonds is 6. The third kappa shape index (κ3) is 4.01. The van der Waals surface area contributed by atoms with Gasteiger partial charge < -0.3 is 14.2 Å². The van der Waals surface area contributed by atoms with Crippen LogP contribution in [-0.2, 0) is 11.3 Å². The predicted octanol–water partition coefficient (Wildman–Crippen LogP) is 3.05. The van der Waals surface area contributed by atoms with Crippen molar-refractivity contribution in [3.05, 3.63) is 54.0 Å². The third-order valence-electron chi connectivity index (χ3n) is 3.15. The minimum Gasteiger partial charge on any atom is -0.467 e. The molecule has 0 aliphatic rings. The maximum atomic E-state index is 11.8. The number of carbonyl (C=O) groups excluding carboxylic acids is 1. The first-order valence-corrected chi connectivity index (χ1v) is 8.02. The highest BCUT2D eigenvalue weighted by Gasteiger charge is 2.12. The summed E-state index contributed by atoms with van der Waals surface area (Å²) in [6.07, 6.45) is 1.57. The van der Waals surface area contributed by atoms with E-state index < -0.39 is 0 Å². The van der Waals surface area contributed by atoms with Gasteiger partial charge in [-0.1, -0.05) is 30.0 Å². The number of amides is 1. The summed E-state index contributed by atoms with van der Waals surface area (Å²) in [5, 5.41) is 11.1. The molecule has 1 N–H and O–H groups in total. The summed E-state index contributed by atoms with van der Waals surface area (Å²) in [6.45, 7) is 2.35. The van der Waals surface area contributed by atoms with E-state index in [1.165, 1.54) is 11.8 Å². The Morgan fingerprint density at radius 1 is 1.22 bits per heavy atom. The van der Waals surface area contributed by atoms with Crippen molar-refractivity contribution in [2.75, 3.05) is 5.75 Å². The predicted molar refractivity (Wildman–Crippen MR) is 85.7 cm³/mol. The molecule has 0 saturated carbocycles. The molecular weight excluding hydrogens is 314 g/mol. The molecule has 2 heterocycles. The average molecular weight is 329 g/mol. The van der Waals surface area contributed by atoms with E-state index in [-0.39, 0.29) is 11.7 Å². The topological polar surface area (TPSA) is 81.2 Å². The molecule has 0 unspecified atom stereocenters. The smallest absolute Gasteiger partial charge is 0.277 e. The molecule has 0 aliphatic heterocycles. The maximum absolute atomic E-state index is 11.8. The highest BCUT2D eigenvalue weighted by molar-refractivity contribution is 7.99. The number of carbonyl (C=O) groups is 1. The molecular formula is C16H15N3O3S. The van der Waals surface area contributed by atoms with Gasteiger partial charge in [-0.3, -0.25) is 4.79 Å². The van der Waals surface area contributed by atoms with Gasteiger partial charge in [0.05, 0.1) is 18.6 Å². The monoisotopic (exact) mass is 329 g/mol. The fraction of sp³-hybridized carbons (Fsp3) is 0.188. The Balaban J connectivity index is 1.53. The van der Waals surface area contributed by atoms with Crippen LogP contribution in [-0.4, -0.2) is 21.9 Å². The van der Waals surface area contributed by atoms with Gasteiger partial charge in [0.1, 0.15) is 5.76 Å². The van der Waals surface area contributed by atoms with Gasteiger partial charge in [0.15, 0.2) is 0 Å².